The maximum absolute atomic E-state index is 6.05. The molecular formula is C27H60ClNO3Si. The number of hydrogen-bond donors (Lipinski definition) is 0. The summed E-state index contributed by atoms with van der Waals surface area (Å²) in [7, 11) is 1.90. The van der Waals surface area contributed by atoms with Gasteiger partial charge in [-0.15, -0.1) is 12.4 Å². The first-order chi connectivity index (χ1) is 15.5. The zero-order valence-corrected chi connectivity index (χ0v) is 25.1. The minimum absolute atomic E-state index is 0. The van der Waals surface area contributed by atoms with Crippen LogP contribution in [0.2, 0.25) is 6.04 Å². The molecule has 0 aromatic carbocycles. The van der Waals surface area contributed by atoms with Crippen LogP contribution in [0.3, 0.4) is 0 Å². The number of halogens is 1. The molecule has 0 radical (unpaired) electrons. The second kappa shape index (κ2) is 25.4. The quantitative estimate of drug-likeness (QED) is 0.0910. The Morgan fingerprint density at radius 2 is 1.00 bits per heavy atom. The van der Waals surface area contributed by atoms with Gasteiger partial charge in [0.05, 0.1) is 0 Å². The molecule has 0 N–H and O–H groups in total. The monoisotopic (exact) mass is 509 g/mol. The van der Waals surface area contributed by atoms with Crippen molar-refractivity contribution in [1.82, 2.24) is 4.90 Å². The van der Waals surface area contributed by atoms with Crippen LogP contribution < -0.4 is 0 Å². The van der Waals surface area contributed by atoms with Crippen molar-refractivity contribution < 1.29 is 13.3 Å². The zero-order chi connectivity index (χ0) is 23.9. The van der Waals surface area contributed by atoms with Crippen molar-refractivity contribution in [1.29, 1.82) is 0 Å². The van der Waals surface area contributed by atoms with Crippen LogP contribution in [0.4, 0.5) is 0 Å². The first-order valence-corrected chi connectivity index (χ1v) is 16.0. The van der Waals surface area contributed by atoms with Crippen molar-refractivity contribution in [2.75, 3.05) is 40.5 Å². The average molecular weight is 510 g/mol. The Bertz CT molecular complexity index is 371. The smallest absolute Gasteiger partial charge is 0.374 e. The molecule has 0 aliphatic carbocycles. The number of nitrogens with zero attached hydrogens (tertiary/aromatic N) is 1. The van der Waals surface area contributed by atoms with E-state index < -0.39 is 8.80 Å². The van der Waals surface area contributed by atoms with Gasteiger partial charge in [-0.2, -0.15) is 0 Å². The van der Waals surface area contributed by atoms with Gasteiger partial charge in [0.2, 0.25) is 0 Å². The molecule has 0 rings (SSSR count). The van der Waals surface area contributed by atoms with E-state index in [1.165, 1.54) is 96.4 Å². The fourth-order valence-corrected chi connectivity index (χ4v) is 7.22. The topological polar surface area (TPSA) is 30.9 Å². The molecule has 0 heterocycles. The maximum atomic E-state index is 6.05. The fraction of sp³-hybridized carbons (Fsp3) is 1.00. The van der Waals surface area contributed by atoms with Gasteiger partial charge in [0.1, 0.15) is 0 Å². The molecule has 0 aliphatic rings. The minimum Gasteiger partial charge on any atom is -0.374 e. The largest absolute Gasteiger partial charge is 0.500 e. The molecule has 6 heteroatoms. The molecule has 0 aliphatic heterocycles. The molecule has 33 heavy (non-hydrogen) atoms. The van der Waals surface area contributed by atoms with Gasteiger partial charge in [-0.05, 0) is 60.2 Å². The second-order valence-corrected chi connectivity index (χ2v) is 12.4. The third kappa shape index (κ3) is 21.4. The van der Waals surface area contributed by atoms with Crippen LogP contribution in [0.1, 0.15) is 124 Å². The van der Waals surface area contributed by atoms with Crippen LogP contribution in [0.15, 0.2) is 0 Å². The average Bonchev–Trinajstić information content (AvgIpc) is 2.75. The van der Waals surface area contributed by atoms with Crippen LogP contribution in [0.25, 0.3) is 0 Å². The van der Waals surface area contributed by atoms with E-state index in [0.29, 0.717) is 19.8 Å². The summed E-state index contributed by atoms with van der Waals surface area (Å²) >= 11 is 0. The molecule has 202 valence electrons. The highest BCUT2D eigenvalue weighted by atomic mass is 35.5. The summed E-state index contributed by atoms with van der Waals surface area (Å²) in [6.45, 7) is 11.7. The van der Waals surface area contributed by atoms with Crippen LogP contribution in [0, 0.1) is 5.92 Å². The van der Waals surface area contributed by atoms with E-state index in [4.69, 9.17) is 13.3 Å². The number of unbranched alkanes of at least 4 members (excludes halogenated alkanes) is 10. The van der Waals surface area contributed by atoms with E-state index in [2.05, 4.69) is 25.9 Å². The van der Waals surface area contributed by atoms with Crippen molar-refractivity contribution in [3.63, 3.8) is 0 Å². The standard InChI is InChI=1S/C27H59NO3Si.ClH/c1-7-11-12-13-14-15-16-17-18-19-20-22-27(24-25-28(5)6)23-21-26-32(29-8-2,30-9-3)31-10-4;/h27H,7-26H2,1-6H3;1H. The summed E-state index contributed by atoms with van der Waals surface area (Å²) in [5.74, 6) is 0.813. The normalized spacial score (nSPS) is 12.8. The van der Waals surface area contributed by atoms with Crippen molar-refractivity contribution in [3.05, 3.63) is 0 Å². The van der Waals surface area contributed by atoms with Crippen molar-refractivity contribution >= 4 is 21.2 Å². The molecule has 1 unspecified atom stereocenters. The van der Waals surface area contributed by atoms with E-state index >= 15 is 0 Å². The van der Waals surface area contributed by atoms with E-state index in [1.807, 2.05) is 20.8 Å². The summed E-state index contributed by atoms with van der Waals surface area (Å²) in [5.41, 5.74) is 0. The van der Waals surface area contributed by atoms with E-state index in [9.17, 15) is 0 Å². The molecular weight excluding hydrogens is 450 g/mol. The minimum atomic E-state index is -2.49. The summed E-state index contributed by atoms with van der Waals surface area (Å²) in [5, 5.41) is 0. The van der Waals surface area contributed by atoms with Gasteiger partial charge in [-0.1, -0.05) is 90.4 Å². The molecule has 0 amide bonds. The van der Waals surface area contributed by atoms with Gasteiger partial charge < -0.3 is 18.2 Å². The highest BCUT2D eigenvalue weighted by Crippen LogP contribution is 2.26. The predicted octanol–water partition coefficient (Wildman–Crippen LogP) is 8.51. The molecule has 0 aromatic heterocycles. The second-order valence-electron chi connectivity index (χ2n) is 9.66. The van der Waals surface area contributed by atoms with Crippen LogP contribution in [-0.2, 0) is 13.3 Å². The first kappa shape index (κ1) is 35.5. The van der Waals surface area contributed by atoms with Crippen LogP contribution >= 0.6 is 12.4 Å². The lowest BCUT2D eigenvalue weighted by Crippen LogP contribution is -2.46. The zero-order valence-electron chi connectivity index (χ0n) is 23.3. The first-order valence-electron chi connectivity index (χ1n) is 14.1. The van der Waals surface area contributed by atoms with Crippen LogP contribution in [0.5, 0.6) is 0 Å². The van der Waals surface area contributed by atoms with Gasteiger partial charge in [0.15, 0.2) is 0 Å². The highest BCUT2D eigenvalue weighted by molar-refractivity contribution is 6.60. The van der Waals surface area contributed by atoms with Gasteiger partial charge >= 0.3 is 8.80 Å². The van der Waals surface area contributed by atoms with Crippen molar-refractivity contribution in [2.24, 2.45) is 5.92 Å². The Hall–Kier alpha value is 0.347. The Labute approximate surface area is 215 Å². The SMILES string of the molecule is CCCCCCCCCCCCCC(CCC[Si](OCC)(OCC)OCC)CCN(C)C.Cl. The fourth-order valence-electron chi connectivity index (χ4n) is 4.58. The van der Waals surface area contributed by atoms with E-state index in [-0.39, 0.29) is 12.4 Å². The molecule has 0 aromatic rings. The summed E-state index contributed by atoms with van der Waals surface area (Å²) in [6.07, 6.45) is 20.7. The van der Waals surface area contributed by atoms with Crippen molar-refractivity contribution in [2.45, 2.75) is 130 Å². The molecule has 0 saturated heterocycles. The molecule has 0 saturated carbocycles. The van der Waals surface area contributed by atoms with Gasteiger partial charge in [-0.3, -0.25) is 0 Å². The van der Waals surface area contributed by atoms with Crippen LogP contribution in [-0.4, -0.2) is 54.2 Å². The van der Waals surface area contributed by atoms with Gasteiger partial charge in [-0.25, -0.2) is 0 Å². The highest BCUT2D eigenvalue weighted by Gasteiger charge is 2.39. The number of rotatable bonds is 25. The van der Waals surface area contributed by atoms with E-state index in [1.54, 1.807) is 0 Å². The molecule has 0 spiro atoms. The lowest BCUT2D eigenvalue weighted by Gasteiger charge is -2.29. The summed E-state index contributed by atoms with van der Waals surface area (Å²) < 4.78 is 18.1. The number of hydrogen-bond acceptors (Lipinski definition) is 4. The Balaban J connectivity index is 0. The lowest BCUT2D eigenvalue weighted by molar-refractivity contribution is 0.0702. The molecule has 0 fully saturated rings. The lowest BCUT2D eigenvalue weighted by atomic mass is 9.92. The predicted molar refractivity (Wildman–Crippen MR) is 150 cm³/mol. The Morgan fingerprint density at radius 1 is 0.576 bits per heavy atom. The molecule has 1 atom stereocenters. The molecule has 4 nitrogen and oxygen atoms in total. The molecule has 0 bridgehead atoms. The maximum Gasteiger partial charge on any atom is 0.500 e. The Morgan fingerprint density at radius 3 is 1.42 bits per heavy atom. The summed E-state index contributed by atoms with van der Waals surface area (Å²) in [4.78, 5) is 2.33. The third-order valence-corrected chi connectivity index (χ3v) is 9.54. The summed E-state index contributed by atoms with van der Waals surface area (Å²) in [6, 6.07) is 0.958. The van der Waals surface area contributed by atoms with Crippen molar-refractivity contribution in [3.8, 4) is 0 Å². The van der Waals surface area contributed by atoms with Gasteiger partial charge in [0, 0.05) is 25.9 Å². The Kier molecular flexibility index (Phi) is 27.4. The van der Waals surface area contributed by atoms with Gasteiger partial charge in [0.25, 0.3) is 0 Å². The van der Waals surface area contributed by atoms with E-state index in [0.717, 1.165) is 18.4 Å². The third-order valence-electron chi connectivity index (χ3n) is 6.39.